The Morgan fingerprint density at radius 1 is 1.21 bits per heavy atom. The number of β-amino-alcohol motifs (C(OH)–C–C–N with tert-alkyl or cyclic N) is 1. The maximum Gasteiger partial charge on any atom is 0.0558 e. The first-order valence-electron chi connectivity index (χ1n) is 5.76. The topological polar surface area (TPSA) is 26.7 Å². The lowest BCUT2D eigenvalue weighted by molar-refractivity contribution is 0.0800. The van der Waals surface area contributed by atoms with Crippen molar-refractivity contribution < 1.29 is 5.11 Å². The van der Waals surface area contributed by atoms with Crippen molar-refractivity contribution in [2.24, 2.45) is 5.41 Å². The number of hydrogen-bond acceptors (Lipinski definition) is 3. The highest BCUT2D eigenvalue weighted by Crippen LogP contribution is 2.38. The van der Waals surface area contributed by atoms with E-state index in [0.29, 0.717) is 12.0 Å². The van der Waals surface area contributed by atoms with E-state index in [9.17, 15) is 0 Å². The lowest BCUT2D eigenvalue weighted by atomic mass is 9.79. The highest BCUT2D eigenvalue weighted by Gasteiger charge is 2.39. The van der Waals surface area contributed by atoms with Gasteiger partial charge in [0.25, 0.3) is 0 Å². The van der Waals surface area contributed by atoms with Gasteiger partial charge in [0.2, 0.25) is 0 Å². The van der Waals surface area contributed by atoms with Crippen molar-refractivity contribution in [1.82, 2.24) is 9.80 Å². The van der Waals surface area contributed by atoms with Crippen LogP contribution in [0.25, 0.3) is 0 Å². The van der Waals surface area contributed by atoms with Crippen LogP contribution in [-0.4, -0.2) is 61.3 Å². The summed E-state index contributed by atoms with van der Waals surface area (Å²) in [6.45, 7) is 6.09. The van der Waals surface area contributed by atoms with E-state index in [1.54, 1.807) is 0 Å². The molecule has 2 aliphatic rings. The van der Waals surface area contributed by atoms with Gasteiger partial charge in [-0.1, -0.05) is 0 Å². The van der Waals surface area contributed by atoms with Crippen LogP contribution < -0.4 is 0 Å². The quantitative estimate of drug-likeness (QED) is 0.695. The molecule has 1 atom stereocenters. The van der Waals surface area contributed by atoms with Gasteiger partial charge in [0.1, 0.15) is 0 Å². The van der Waals surface area contributed by atoms with Gasteiger partial charge in [0.15, 0.2) is 0 Å². The van der Waals surface area contributed by atoms with Crippen LogP contribution in [0, 0.1) is 5.41 Å². The first-order chi connectivity index (χ1) is 6.74. The molecule has 1 spiro atoms. The van der Waals surface area contributed by atoms with Gasteiger partial charge in [-0.25, -0.2) is 0 Å². The van der Waals surface area contributed by atoms with Crippen LogP contribution in [0.5, 0.6) is 0 Å². The monoisotopic (exact) mass is 198 g/mol. The van der Waals surface area contributed by atoms with Crippen LogP contribution >= 0.6 is 0 Å². The van der Waals surface area contributed by atoms with Crippen LogP contribution in [0.3, 0.4) is 0 Å². The number of hydrogen-bond donors (Lipinski definition) is 1. The molecule has 0 bridgehead atoms. The molecular formula is C11H22N2O. The summed E-state index contributed by atoms with van der Waals surface area (Å²) in [7, 11) is 2.22. The van der Waals surface area contributed by atoms with E-state index >= 15 is 0 Å². The molecule has 0 radical (unpaired) electrons. The van der Waals surface area contributed by atoms with Crippen LogP contribution in [0.4, 0.5) is 0 Å². The summed E-state index contributed by atoms with van der Waals surface area (Å²) < 4.78 is 0. The fraction of sp³-hybridized carbons (Fsp3) is 1.00. The molecule has 14 heavy (non-hydrogen) atoms. The van der Waals surface area contributed by atoms with Crippen molar-refractivity contribution in [1.29, 1.82) is 0 Å². The summed E-state index contributed by atoms with van der Waals surface area (Å²) >= 11 is 0. The van der Waals surface area contributed by atoms with Crippen molar-refractivity contribution in [3.63, 3.8) is 0 Å². The summed E-state index contributed by atoms with van der Waals surface area (Å²) in [6, 6.07) is 0. The smallest absolute Gasteiger partial charge is 0.0558 e. The minimum Gasteiger partial charge on any atom is -0.395 e. The van der Waals surface area contributed by atoms with Crippen molar-refractivity contribution in [3.05, 3.63) is 0 Å². The van der Waals surface area contributed by atoms with Gasteiger partial charge in [-0.2, -0.15) is 0 Å². The first kappa shape index (κ1) is 10.4. The Kier molecular flexibility index (Phi) is 3.10. The van der Waals surface area contributed by atoms with Crippen LogP contribution in [0.2, 0.25) is 0 Å². The number of nitrogens with zero attached hydrogens (tertiary/aromatic N) is 2. The molecule has 0 aromatic rings. The maximum absolute atomic E-state index is 8.95. The zero-order chi connectivity index (χ0) is 10.0. The van der Waals surface area contributed by atoms with Gasteiger partial charge in [0, 0.05) is 19.6 Å². The van der Waals surface area contributed by atoms with E-state index in [2.05, 4.69) is 16.8 Å². The second-order valence-electron chi connectivity index (χ2n) is 5.09. The molecule has 1 N–H and O–H groups in total. The molecule has 3 heteroatoms. The molecule has 0 aliphatic carbocycles. The summed E-state index contributed by atoms with van der Waals surface area (Å²) in [5.74, 6) is 0. The molecule has 1 unspecified atom stereocenters. The second kappa shape index (κ2) is 4.17. The normalized spacial score (nSPS) is 35.6. The number of aliphatic hydroxyl groups is 1. The van der Waals surface area contributed by atoms with E-state index in [1.807, 2.05) is 0 Å². The molecule has 0 aromatic heterocycles. The van der Waals surface area contributed by atoms with Gasteiger partial charge in [0.05, 0.1) is 6.61 Å². The zero-order valence-corrected chi connectivity index (χ0v) is 9.21. The number of piperidine rings is 1. The average molecular weight is 198 g/mol. The molecule has 0 aromatic carbocycles. The fourth-order valence-electron chi connectivity index (χ4n) is 3.13. The molecular weight excluding hydrogens is 176 g/mol. The minimum absolute atomic E-state index is 0.311. The Hall–Kier alpha value is -0.120. The largest absolute Gasteiger partial charge is 0.395 e. The Labute approximate surface area is 86.7 Å². The number of rotatable bonds is 2. The summed E-state index contributed by atoms with van der Waals surface area (Å²) in [5.41, 5.74) is 0.558. The van der Waals surface area contributed by atoms with Gasteiger partial charge in [-0.3, -0.25) is 0 Å². The van der Waals surface area contributed by atoms with Gasteiger partial charge >= 0.3 is 0 Å². The van der Waals surface area contributed by atoms with Gasteiger partial charge < -0.3 is 14.9 Å². The molecule has 0 amide bonds. The highest BCUT2D eigenvalue weighted by atomic mass is 16.3. The maximum atomic E-state index is 8.95. The van der Waals surface area contributed by atoms with Gasteiger partial charge in [-0.05, 0) is 44.8 Å². The van der Waals surface area contributed by atoms with E-state index in [4.69, 9.17) is 5.11 Å². The molecule has 2 saturated heterocycles. The minimum atomic E-state index is 0.311. The average Bonchev–Trinajstić information content (AvgIpc) is 2.48. The summed E-state index contributed by atoms with van der Waals surface area (Å²) in [5, 5.41) is 8.95. The third-order valence-electron chi connectivity index (χ3n) is 3.79. The van der Waals surface area contributed by atoms with Gasteiger partial charge in [-0.15, -0.1) is 0 Å². The molecule has 0 saturated carbocycles. The Morgan fingerprint density at radius 3 is 2.71 bits per heavy atom. The standard InChI is InChI=1S/C11H22N2O/c1-12-6-4-11(9-12)3-2-5-13(10-11)7-8-14/h14H,2-10H2,1H3. The van der Waals surface area contributed by atoms with Crippen molar-refractivity contribution in [3.8, 4) is 0 Å². The summed E-state index contributed by atoms with van der Waals surface area (Å²) in [6.07, 6.45) is 4.05. The summed E-state index contributed by atoms with van der Waals surface area (Å²) in [4.78, 5) is 4.88. The highest BCUT2D eigenvalue weighted by molar-refractivity contribution is 4.93. The SMILES string of the molecule is CN1CCC2(CCCN(CCO)C2)C1. The molecule has 2 aliphatic heterocycles. The Balaban J connectivity index is 1.93. The van der Waals surface area contributed by atoms with Crippen LogP contribution in [-0.2, 0) is 0 Å². The zero-order valence-electron chi connectivity index (χ0n) is 9.21. The fourth-order valence-corrected chi connectivity index (χ4v) is 3.13. The van der Waals surface area contributed by atoms with E-state index < -0.39 is 0 Å². The van der Waals surface area contributed by atoms with Crippen LogP contribution in [0.1, 0.15) is 19.3 Å². The van der Waals surface area contributed by atoms with E-state index in [0.717, 1.165) is 6.54 Å². The second-order valence-corrected chi connectivity index (χ2v) is 5.09. The van der Waals surface area contributed by atoms with E-state index in [1.165, 1.54) is 45.4 Å². The lowest BCUT2D eigenvalue weighted by Gasteiger charge is -2.40. The number of likely N-dealkylation sites (tertiary alicyclic amines) is 2. The molecule has 2 fully saturated rings. The molecule has 2 heterocycles. The predicted octanol–water partition coefficient (Wildman–Crippen LogP) is 0.396. The Bertz CT molecular complexity index is 192. The first-order valence-corrected chi connectivity index (χ1v) is 5.76. The third kappa shape index (κ3) is 2.10. The van der Waals surface area contributed by atoms with E-state index in [-0.39, 0.29) is 0 Å². The van der Waals surface area contributed by atoms with Crippen molar-refractivity contribution >= 4 is 0 Å². The molecule has 2 rings (SSSR count). The van der Waals surface area contributed by atoms with Crippen molar-refractivity contribution in [2.45, 2.75) is 19.3 Å². The predicted molar refractivity (Wildman–Crippen MR) is 57.3 cm³/mol. The number of aliphatic hydroxyl groups excluding tert-OH is 1. The third-order valence-corrected chi connectivity index (χ3v) is 3.79. The Morgan fingerprint density at radius 2 is 2.07 bits per heavy atom. The van der Waals surface area contributed by atoms with Crippen LogP contribution in [0.15, 0.2) is 0 Å². The van der Waals surface area contributed by atoms with Crippen molar-refractivity contribution in [2.75, 3.05) is 46.4 Å². The lowest BCUT2D eigenvalue weighted by Crippen LogP contribution is -2.45. The molecule has 82 valence electrons. The molecule has 3 nitrogen and oxygen atoms in total.